The number of phenolic OH excluding ortho intramolecular Hbond substituents is 1. The molecule has 0 heterocycles. The Labute approximate surface area is 86.3 Å². The summed E-state index contributed by atoms with van der Waals surface area (Å²) in [7, 11) is 0. The number of hydrogen-bond donors (Lipinski definition) is 2. The smallest absolute Gasteiger partial charge is 0.129 e. The van der Waals surface area contributed by atoms with Gasteiger partial charge in [-0.2, -0.15) is 0 Å². The zero-order chi connectivity index (χ0) is 8.43. The average Bonchev–Trinajstić information content (AvgIpc) is 1.94. The van der Waals surface area contributed by atoms with Crippen molar-refractivity contribution in [2.75, 3.05) is 0 Å². The lowest BCUT2D eigenvalue weighted by Crippen LogP contribution is -2.04. The highest BCUT2D eigenvalue weighted by atomic mass is 79.9. The zero-order valence-electron chi connectivity index (χ0n) is 6.62. The standard InChI is InChI=1S/C8H10BrNO.ClH/c1-5(10)6-2-3-8(11)7(9)4-6;/h2-5,11H,10H2,1H3;1H/t5-;/m0./s1. The third-order valence-electron chi connectivity index (χ3n) is 1.50. The summed E-state index contributed by atoms with van der Waals surface area (Å²) in [5.74, 6) is 0.245. The van der Waals surface area contributed by atoms with Gasteiger partial charge in [0.05, 0.1) is 4.47 Å². The molecule has 0 saturated heterocycles. The molecule has 0 saturated carbocycles. The molecule has 3 N–H and O–H groups in total. The van der Waals surface area contributed by atoms with Gasteiger partial charge in [-0.15, -0.1) is 12.4 Å². The Morgan fingerprint density at radius 2 is 2.08 bits per heavy atom. The van der Waals surface area contributed by atoms with Gasteiger partial charge in [0.25, 0.3) is 0 Å². The Balaban J connectivity index is 0.00000121. The number of nitrogens with two attached hydrogens (primary N) is 1. The van der Waals surface area contributed by atoms with Gasteiger partial charge in [-0.3, -0.25) is 0 Å². The molecule has 12 heavy (non-hydrogen) atoms. The molecule has 0 amide bonds. The largest absolute Gasteiger partial charge is 0.507 e. The number of rotatable bonds is 1. The van der Waals surface area contributed by atoms with Crippen LogP contribution < -0.4 is 5.73 Å². The molecular weight excluding hydrogens is 241 g/mol. The molecule has 2 nitrogen and oxygen atoms in total. The second kappa shape index (κ2) is 4.70. The van der Waals surface area contributed by atoms with Crippen molar-refractivity contribution in [1.82, 2.24) is 0 Å². The predicted molar refractivity (Wildman–Crippen MR) is 55.7 cm³/mol. The van der Waals surface area contributed by atoms with Crippen LogP contribution in [0.5, 0.6) is 5.75 Å². The van der Waals surface area contributed by atoms with Crippen LogP contribution in [0, 0.1) is 0 Å². The molecule has 0 radical (unpaired) electrons. The Hall–Kier alpha value is -0.250. The van der Waals surface area contributed by atoms with Crippen LogP contribution >= 0.6 is 28.3 Å². The van der Waals surface area contributed by atoms with E-state index in [1.165, 1.54) is 0 Å². The van der Waals surface area contributed by atoms with Crippen LogP contribution in [0.4, 0.5) is 0 Å². The molecule has 1 atom stereocenters. The van der Waals surface area contributed by atoms with Crippen molar-refractivity contribution >= 4 is 28.3 Å². The Morgan fingerprint density at radius 3 is 2.50 bits per heavy atom. The Morgan fingerprint density at radius 1 is 1.50 bits per heavy atom. The van der Waals surface area contributed by atoms with E-state index in [-0.39, 0.29) is 24.2 Å². The highest BCUT2D eigenvalue weighted by Gasteiger charge is 2.02. The highest BCUT2D eigenvalue weighted by molar-refractivity contribution is 9.10. The van der Waals surface area contributed by atoms with Crippen molar-refractivity contribution in [1.29, 1.82) is 0 Å². The topological polar surface area (TPSA) is 46.2 Å². The maximum Gasteiger partial charge on any atom is 0.129 e. The summed E-state index contributed by atoms with van der Waals surface area (Å²) >= 11 is 3.21. The first-order valence-corrected chi connectivity index (χ1v) is 4.14. The van der Waals surface area contributed by atoms with Crippen molar-refractivity contribution in [2.45, 2.75) is 13.0 Å². The van der Waals surface area contributed by atoms with Gasteiger partial charge < -0.3 is 10.8 Å². The normalized spacial score (nSPS) is 11.9. The Bertz CT molecular complexity index is 265. The number of hydrogen-bond acceptors (Lipinski definition) is 2. The summed E-state index contributed by atoms with van der Waals surface area (Å²) in [5.41, 5.74) is 6.64. The SMILES string of the molecule is C[C@H](N)c1ccc(O)c(Br)c1.Cl. The average molecular weight is 253 g/mol. The fourth-order valence-electron chi connectivity index (χ4n) is 0.806. The van der Waals surface area contributed by atoms with E-state index in [4.69, 9.17) is 10.8 Å². The first-order valence-electron chi connectivity index (χ1n) is 3.35. The monoisotopic (exact) mass is 251 g/mol. The van der Waals surface area contributed by atoms with Crippen molar-refractivity contribution in [3.05, 3.63) is 28.2 Å². The van der Waals surface area contributed by atoms with Crippen LogP contribution in [-0.2, 0) is 0 Å². The van der Waals surface area contributed by atoms with Gasteiger partial charge in [-0.1, -0.05) is 6.07 Å². The van der Waals surface area contributed by atoms with Crippen molar-refractivity contribution in [3.8, 4) is 5.75 Å². The second-order valence-electron chi connectivity index (χ2n) is 2.50. The van der Waals surface area contributed by atoms with Crippen LogP contribution in [0.15, 0.2) is 22.7 Å². The maximum absolute atomic E-state index is 9.14. The first kappa shape index (κ1) is 11.8. The number of aromatic hydroxyl groups is 1. The van der Waals surface area contributed by atoms with Gasteiger partial charge in [0.2, 0.25) is 0 Å². The minimum absolute atomic E-state index is 0. The molecule has 0 aromatic heterocycles. The van der Waals surface area contributed by atoms with Crippen LogP contribution in [0.25, 0.3) is 0 Å². The van der Waals surface area contributed by atoms with E-state index >= 15 is 0 Å². The molecule has 1 rings (SSSR count). The molecule has 1 aromatic rings. The van der Waals surface area contributed by atoms with Crippen molar-refractivity contribution < 1.29 is 5.11 Å². The quantitative estimate of drug-likeness (QED) is 0.807. The third kappa shape index (κ3) is 2.66. The predicted octanol–water partition coefficient (Wildman–Crippen LogP) is 2.60. The van der Waals surface area contributed by atoms with E-state index < -0.39 is 0 Å². The van der Waals surface area contributed by atoms with Crippen LogP contribution in [0.2, 0.25) is 0 Å². The molecule has 0 bridgehead atoms. The molecule has 68 valence electrons. The summed E-state index contributed by atoms with van der Waals surface area (Å²) in [4.78, 5) is 0. The highest BCUT2D eigenvalue weighted by Crippen LogP contribution is 2.25. The lowest BCUT2D eigenvalue weighted by atomic mass is 10.1. The van der Waals surface area contributed by atoms with Gasteiger partial charge in [0.15, 0.2) is 0 Å². The minimum Gasteiger partial charge on any atom is -0.507 e. The fourth-order valence-corrected chi connectivity index (χ4v) is 1.20. The maximum atomic E-state index is 9.14. The first-order chi connectivity index (χ1) is 5.11. The molecule has 0 aliphatic heterocycles. The summed E-state index contributed by atoms with van der Waals surface area (Å²) in [6.45, 7) is 1.90. The molecule has 0 fully saturated rings. The van der Waals surface area contributed by atoms with E-state index in [1.807, 2.05) is 19.1 Å². The fraction of sp³-hybridized carbons (Fsp3) is 0.250. The van der Waals surface area contributed by atoms with Gasteiger partial charge in [0, 0.05) is 6.04 Å². The van der Waals surface area contributed by atoms with Gasteiger partial charge in [-0.05, 0) is 40.5 Å². The van der Waals surface area contributed by atoms with Crippen LogP contribution in [-0.4, -0.2) is 5.11 Å². The molecular formula is C8H11BrClNO. The van der Waals surface area contributed by atoms with E-state index in [0.29, 0.717) is 4.47 Å². The summed E-state index contributed by atoms with van der Waals surface area (Å²) in [6, 6.07) is 5.26. The summed E-state index contributed by atoms with van der Waals surface area (Å²) in [6.07, 6.45) is 0. The summed E-state index contributed by atoms with van der Waals surface area (Å²) in [5, 5.41) is 9.14. The molecule has 1 aromatic carbocycles. The van der Waals surface area contributed by atoms with Crippen LogP contribution in [0.3, 0.4) is 0 Å². The van der Waals surface area contributed by atoms with E-state index in [0.717, 1.165) is 5.56 Å². The van der Waals surface area contributed by atoms with Gasteiger partial charge >= 0.3 is 0 Å². The van der Waals surface area contributed by atoms with E-state index in [1.54, 1.807) is 6.07 Å². The zero-order valence-corrected chi connectivity index (χ0v) is 9.02. The van der Waals surface area contributed by atoms with Crippen LogP contribution in [0.1, 0.15) is 18.5 Å². The lowest BCUT2D eigenvalue weighted by Gasteiger charge is -2.05. The van der Waals surface area contributed by atoms with Crippen molar-refractivity contribution in [3.63, 3.8) is 0 Å². The molecule has 0 aliphatic rings. The van der Waals surface area contributed by atoms with Crippen molar-refractivity contribution in [2.24, 2.45) is 5.73 Å². The summed E-state index contributed by atoms with van der Waals surface area (Å²) < 4.78 is 0.687. The molecule has 0 spiro atoms. The van der Waals surface area contributed by atoms with Gasteiger partial charge in [-0.25, -0.2) is 0 Å². The van der Waals surface area contributed by atoms with E-state index in [9.17, 15) is 0 Å². The van der Waals surface area contributed by atoms with E-state index in [2.05, 4.69) is 15.9 Å². The minimum atomic E-state index is 0. The molecule has 4 heteroatoms. The molecule has 0 unspecified atom stereocenters. The molecule has 0 aliphatic carbocycles. The number of halogens is 2. The van der Waals surface area contributed by atoms with Gasteiger partial charge in [0.1, 0.15) is 5.75 Å². The Kier molecular flexibility index (Phi) is 4.60. The lowest BCUT2D eigenvalue weighted by molar-refractivity contribution is 0.471. The number of phenols is 1. The third-order valence-corrected chi connectivity index (χ3v) is 2.13. The second-order valence-corrected chi connectivity index (χ2v) is 3.35. The number of benzene rings is 1.